The molecule has 0 aliphatic rings. The first kappa shape index (κ1) is 13.8. The Kier molecular flexibility index (Phi) is 4.08. The molecule has 2 aromatic carbocycles. The van der Waals surface area contributed by atoms with Crippen LogP contribution in [0.1, 0.15) is 15.9 Å². The van der Waals surface area contributed by atoms with Crippen molar-refractivity contribution < 1.29 is 9.18 Å². The van der Waals surface area contributed by atoms with Crippen molar-refractivity contribution in [2.24, 2.45) is 0 Å². The summed E-state index contributed by atoms with van der Waals surface area (Å²) in [6.45, 7) is 1.85. The highest BCUT2D eigenvalue weighted by Gasteiger charge is 2.15. The average molecular weight is 298 g/mol. The van der Waals surface area contributed by atoms with E-state index in [1.54, 1.807) is 18.2 Å². The first-order valence-electron chi connectivity index (χ1n) is 5.50. The summed E-state index contributed by atoms with van der Waals surface area (Å²) in [6, 6.07) is 9.14. The van der Waals surface area contributed by atoms with Crippen LogP contribution in [0.5, 0.6) is 0 Å². The molecule has 2 aromatic rings. The first-order valence-corrected chi connectivity index (χ1v) is 6.26. The maximum absolute atomic E-state index is 13.6. The molecule has 2 rings (SSSR count). The Labute approximate surface area is 120 Å². The number of aryl methyl sites for hydroxylation is 1. The molecule has 0 atom stereocenters. The smallest absolute Gasteiger partial charge is 0.260 e. The zero-order valence-corrected chi connectivity index (χ0v) is 11.5. The number of amides is 1. The summed E-state index contributed by atoms with van der Waals surface area (Å²) in [5.74, 6) is -1.27. The molecule has 0 bridgehead atoms. The Balaban J connectivity index is 2.28. The van der Waals surface area contributed by atoms with Crippen LogP contribution in [0.25, 0.3) is 0 Å². The lowest BCUT2D eigenvalue weighted by Crippen LogP contribution is -2.14. The van der Waals surface area contributed by atoms with Crippen LogP contribution in [0.4, 0.5) is 10.1 Å². The second-order valence-corrected chi connectivity index (χ2v) is 4.83. The summed E-state index contributed by atoms with van der Waals surface area (Å²) in [7, 11) is 0. The van der Waals surface area contributed by atoms with Gasteiger partial charge in [-0.25, -0.2) is 4.39 Å². The Bertz CT molecular complexity index is 623. The molecule has 5 heteroatoms. The summed E-state index contributed by atoms with van der Waals surface area (Å²) < 4.78 is 13.6. The molecule has 0 aliphatic heterocycles. The fourth-order valence-electron chi connectivity index (χ4n) is 1.58. The SMILES string of the molecule is Cc1ccc(NC(=O)c2c(F)cccc2Cl)cc1Cl. The van der Waals surface area contributed by atoms with E-state index in [0.717, 1.165) is 5.56 Å². The number of hydrogen-bond acceptors (Lipinski definition) is 1. The monoisotopic (exact) mass is 297 g/mol. The molecule has 0 saturated heterocycles. The van der Waals surface area contributed by atoms with Crippen molar-refractivity contribution in [2.75, 3.05) is 5.32 Å². The third-order valence-corrected chi connectivity index (χ3v) is 3.34. The molecule has 98 valence electrons. The highest BCUT2D eigenvalue weighted by atomic mass is 35.5. The van der Waals surface area contributed by atoms with E-state index >= 15 is 0 Å². The zero-order valence-electron chi connectivity index (χ0n) is 10.0. The van der Waals surface area contributed by atoms with Crippen molar-refractivity contribution in [3.8, 4) is 0 Å². The van der Waals surface area contributed by atoms with Gasteiger partial charge in [0.1, 0.15) is 5.82 Å². The third-order valence-electron chi connectivity index (χ3n) is 2.62. The van der Waals surface area contributed by atoms with Gasteiger partial charge in [-0.3, -0.25) is 4.79 Å². The van der Waals surface area contributed by atoms with E-state index in [9.17, 15) is 9.18 Å². The van der Waals surface area contributed by atoms with Crippen LogP contribution in [0.2, 0.25) is 10.0 Å². The van der Waals surface area contributed by atoms with Crippen molar-refractivity contribution >= 4 is 34.8 Å². The molecule has 0 aromatic heterocycles. The minimum Gasteiger partial charge on any atom is -0.322 e. The van der Waals surface area contributed by atoms with Crippen molar-refractivity contribution in [3.63, 3.8) is 0 Å². The van der Waals surface area contributed by atoms with Gasteiger partial charge in [0.15, 0.2) is 0 Å². The molecule has 0 saturated carbocycles. The zero-order chi connectivity index (χ0) is 14.0. The molecular formula is C14H10Cl2FNO. The van der Waals surface area contributed by atoms with Gasteiger partial charge in [-0.15, -0.1) is 0 Å². The van der Waals surface area contributed by atoms with Gasteiger partial charge in [0.25, 0.3) is 5.91 Å². The van der Waals surface area contributed by atoms with E-state index in [4.69, 9.17) is 23.2 Å². The lowest BCUT2D eigenvalue weighted by atomic mass is 10.2. The quantitative estimate of drug-likeness (QED) is 0.856. The number of nitrogens with one attached hydrogen (secondary N) is 1. The minimum atomic E-state index is -0.664. The molecule has 0 aliphatic carbocycles. The van der Waals surface area contributed by atoms with Gasteiger partial charge < -0.3 is 5.32 Å². The molecule has 1 amide bonds. The van der Waals surface area contributed by atoms with E-state index in [2.05, 4.69) is 5.32 Å². The maximum atomic E-state index is 13.6. The number of rotatable bonds is 2. The molecule has 0 heterocycles. The van der Waals surface area contributed by atoms with Gasteiger partial charge in [0, 0.05) is 10.7 Å². The van der Waals surface area contributed by atoms with Gasteiger partial charge in [-0.1, -0.05) is 35.3 Å². The molecule has 1 N–H and O–H groups in total. The van der Waals surface area contributed by atoms with Crippen molar-refractivity contribution in [1.82, 2.24) is 0 Å². The fraction of sp³-hybridized carbons (Fsp3) is 0.0714. The van der Waals surface area contributed by atoms with Crippen LogP contribution >= 0.6 is 23.2 Å². The van der Waals surface area contributed by atoms with Crippen molar-refractivity contribution in [2.45, 2.75) is 6.92 Å². The number of hydrogen-bond donors (Lipinski definition) is 1. The molecule has 0 fully saturated rings. The summed E-state index contributed by atoms with van der Waals surface area (Å²) >= 11 is 11.8. The van der Waals surface area contributed by atoms with Gasteiger partial charge in [0.2, 0.25) is 0 Å². The third kappa shape index (κ3) is 3.06. The largest absolute Gasteiger partial charge is 0.322 e. The average Bonchev–Trinajstić information content (AvgIpc) is 2.33. The fourth-order valence-corrected chi connectivity index (χ4v) is 2.01. The molecular weight excluding hydrogens is 288 g/mol. The van der Waals surface area contributed by atoms with Gasteiger partial charge in [-0.05, 0) is 36.8 Å². The lowest BCUT2D eigenvalue weighted by Gasteiger charge is -2.08. The summed E-state index contributed by atoms with van der Waals surface area (Å²) in [5, 5.41) is 3.15. The van der Waals surface area contributed by atoms with Crippen LogP contribution in [-0.4, -0.2) is 5.91 Å². The summed E-state index contributed by atoms with van der Waals surface area (Å²) in [5.41, 5.74) is 1.20. The predicted molar refractivity (Wildman–Crippen MR) is 75.6 cm³/mol. The molecule has 0 unspecified atom stereocenters. The summed E-state index contributed by atoms with van der Waals surface area (Å²) in [4.78, 5) is 12.0. The Morgan fingerprint density at radius 3 is 2.53 bits per heavy atom. The molecule has 19 heavy (non-hydrogen) atoms. The minimum absolute atomic E-state index is 0.0655. The number of benzene rings is 2. The van der Waals surface area contributed by atoms with E-state index in [1.807, 2.05) is 6.92 Å². The van der Waals surface area contributed by atoms with Gasteiger partial charge in [-0.2, -0.15) is 0 Å². The number of halogens is 3. The second-order valence-electron chi connectivity index (χ2n) is 4.01. The van der Waals surface area contributed by atoms with Crippen LogP contribution < -0.4 is 5.32 Å². The Morgan fingerprint density at radius 1 is 1.16 bits per heavy atom. The lowest BCUT2D eigenvalue weighted by molar-refractivity contribution is 0.102. The second kappa shape index (κ2) is 5.59. The topological polar surface area (TPSA) is 29.1 Å². The number of carbonyl (C=O) groups excluding carboxylic acids is 1. The summed E-state index contributed by atoms with van der Waals surface area (Å²) in [6.07, 6.45) is 0. The van der Waals surface area contributed by atoms with E-state index in [1.165, 1.54) is 18.2 Å². The van der Waals surface area contributed by atoms with Crippen LogP contribution in [0, 0.1) is 12.7 Å². The van der Waals surface area contributed by atoms with Crippen LogP contribution in [0.3, 0.4) is 0 Å². The van der Waals surface area contributed by atoms with E-state index in [-0.39, 0.29) is 10.6 Å². The van der Waals surface area contributed by atoms with Gasteiger partial charge in [0.05, 0.1) is 10.6 Å². The maximum Gasteiger partial charge on any atom is 0.260 e. The first-order chi connectivity index (χ1) is 8.99. The number of anilines is 1. The van der Waals surface area contributed by atoms with Crippen LogP contribution in [-0.2, 0) is 0 Å². The van der Waals surface area contributed by atoms with E-state index in [0.29, 0.717) is 10.7 Å². The molecule has 0 radical (unpaired) electrons. The Morgan fingerprint density at radius 2 is 1.89 bits per heavy atom. The molecule has 2 nitrogen and oxygen atoms in total. The van der Waals surface area contributed by atoms with Crippen molar-refractivity contribution in [3.05, 3.63) is 63.4 Å². The highest BCUT2D eigenvalue weighted by Crippen LogP contribution is 2.23. The van der Waals surface area contributed by atoms with Gasteiger partial charge >= 0.3 is 0 Å². The standard InChI is InChI=1S/C14H10Cl2FNO/c1-8-5-6-9(7-11(8)16)18-14(19)13-10(15)3-2-4-12(13)17/h2-7H,1H3,(H,18,19). The van der Waals surface area contributed by atoms with Crippen molar-refractivity contribution in [1.29, 1.82) is 0 Å². The number of carbonyl (C=O) groups is 1. The highest BCUT2D eigenvalue weighted by molar-refractivity contribution is 6.34. The predicted octanol–water partition coefficient (Wildman–Crippen LogP) is 4.69. The Hall–Kier alpha value is -1.58. The van der Waals surface area contributed by atoms with E-state index < -0.39 is 11.7 Å². The molecule has 0 spiro atoms. The normalized spacial score (nSPS) is 10.3. The van der Waals surface area contributed by atoms with Crippen LogP contribution in [0.15, 0.2) is 36.4 Å².